The molecule has 0 N–H and O–H groups in total. The van der Waals surface area contributed by atoms with Gasteiger partial charge >= 0.3 is 0 Å². The van der Waals surface area contributed by atoms with Gasteiger partial charge in [0.2, 0.25) is 0 Å². The fourth-order valence-electron chi connectivity index (χ4n) is 3.58. The van der Waals surface area contributed by atoms with Crippen molar-refractivity contribution in [2.45, 2.75) is 32.6 Å². The smallest absolute Gasteiger partial charge is 0.282 e. The summed E-state index contributed by atoms with van der Waals surface area (Å²) >= 11 is 0. The maximum absolute atomic E-state index is 12.7. The van der Waals surface area contributed by atoms with E-state index in [1.165, 1.54) is 0 Å². The lowest BCUT2D eigenvalue weighted by atomic mass is 9.87. The van der Waals surface area contributed by atoms with Crippen LogP contribution in [0.25, 0.3) is 0 Å². The lowest BCUT2D eigenvalue weighted by Crippen LogP contribution is -2.47. The first-order chi connectivity index (χ1) is 9.02. The maximum atomic E-state index is 12.7. The van der Waals surface area contributed by atoms with Crippen molar-refractivity contribution >= 4 is 10.2 Å². The Morgan fingerprint density at radius 3 is 2.74 bits per heavy atom. The second-order valence-corrected chi connectivity index (χ2v) is 8.43. The first kappa shape index (κ1) is 13.8. The lowest BCUT2D eigenvalue weighted by Gasteiger charge is -2.33. The van der Waals surface area contributed by atoms with E-state index in [0.717, 1.165) is 38.9 Å². The maximum Gasteiger partial charge on any atom is 0.282 e. The molecule has 1 spiro atoms. The standard InChI is InChI=1S/C13H24N2O3S/c1-12-3-2-6-14(9-12)19(16,17)15-7-4-13(10-15)5-8-18-11-13/h12H,2-11H2,1H3/t12-,13-/m0/s1. The molecule has 0 aliphatic carbocycles. The van der Waals surface area contributed by atoms with Gasteiger partial charge in [-0.25, -0.2) is 0 Å². The molecular weight excluding hydrogens is 264 g/mol. The Balaban J connectivity index is 1.71. The van der Waals surface area contributed by atoms with Crippen LogP contribution in [0.4, 0.5) is 0 Å². The third-order valence-corrected chi connectivity index (χ3v) is 6.81. The molecule has 19 heavy (non-hydrogen) atoms. The Hall–Kier alpha value is -0.170. The predicted octanol–water partition coefficient (Wildman–Crippen LogP) is 1.08. The Bertz CT molecular complexity index is 431. The van der Waals surface area contributed by atoms with Gasteiger partial charge in [0.15, 0.2) is 0 Å². The van der Waals surface area contributed by atoms with Gasteiger partial charge in [-0.1, -0.05) is 6.92 Å². The fourth-order valence-corrected chi connectivity index (χ4v) is 5.47. The summed E-state index contributed by atoms with van der Waals surface area (Å²) in [6.07, 6.45) is 4.09. The van der Waals surface area contributed by atoms with E-state index in [1.54, 1.807) is 8.61 Å². The van der Waals surface area contributed by atoms with Crippen LogP contribution in [0.15, 0.2) is 0 Å². The number of rotatable bonds is 2. The van der Waals surface area contributed by atoms with Crippen LogP contribution < -0.4 is 0 Å². The predicted molar refractivity (Wildman–Crippen MR) is 72.9 cm³/mol. The summed E-state index contributed by atoms with van der Waals surface area (Å²) in [5.41, 5.74) is 0.106. The van der Waals surface area contributed by atoms with Crippen molar-refractivity contribution in [3.8, 4) is 0 Å². The van der Waals surface area contributed by atoms with Gasteiger partial charge < -0.3 is 4.74 Å². The Morgan fingerprint density at radius 2 is 2.05 bits per heavy atom. The third-order valence-electron chi connectivity index (χ3n) is 4.86. The van der Waals surface area contributed by atoms with Crippen LogP contribution in [0.3, 0.4) is 0 Å². The van der Waals surface area contributed by atoms with E-state index in [0.29, 0.717) is 32.1 Å². The molecule has 0 radical (unpaired) electrons. The van der Waals surface area contributed by atoms with E-state index in [9.17, 15) is 8.42 Å². The van der Waals surface area contributed by atoms with E-state index >= 15 is 0 Å². The number of piperidine rings is 1. The summed E-state index contributed by atoms with van der Waals surface area (Å²) in [6, 6.07) is 0. The van der Waals surface area contributed by atoms with Crippen molar-refractivity contribution in [2.75, 3.05) is 39.4 Å². The normalized spacial score (nSPS) is 38.3. The minimum Gasteiger partial charge on any atom is -0.381 e. The largest absolute Gasteiger partial charge is 0.381 e. The quantitative estimate of drug-likeness (QED) is 0.764. The average Bonchev–Trinajstić information content (AvgIpc) is 3.01. The molecule has 0 aromatic rings. The van der Waals surface area contributed by atoms with E-state index in [-0.39, 0.29) is 5.41 Å². The molecule has 0 unspecified atom stereocenters. The molecule has 3 fully saturated rings. The number of ether oxygens (including phenoxy) is 1. The molecule has 0 aromatic carbocycles. The van der Waals surface area contributed by atoms with Crippen LogP contribution in [0.2, 0.25) is 0 Å². The highest BCUT2D eigenvalue weighted by Crippen LogP contribution is 2.39. The van der Waals surface area contributed by atoms with Gasteiger partial charge in [0, 0.05) is 38.2 Å². The molecule has 0 saturated carbocycles. The van der Waals surface area contributed by atoms with Gasteiger partial charge in [0.25, 0.3) is 10.2 Å². The topological polar surface area (TPSA) is 49.9 Å². The van der Waals surface area contributed by atoms with Crippen molar-refractivity contribution in [1.29, 1.82) is 0 Å². The summed E-state index contributed by atoms with van der Waals surface area (Å²) in [4.78, 5) is 0. The van der Waals surface area contributed by atoms with Crippen LogP contribution in [0.1, 0.15) is 32.6 Å². The van der Waals surface area contributed by atoms with E-state index in [1.807, 2.05) is 0 Å². The van der Waals surface area contributed by atoms with Crippen LogP contribution in [0.5, 0.6) is 0 Å². The Labute approximate surface area is 116 Å². The van der Waals surface area contributed by atoms with Crippen molar-refractivity contribution in [1.82, 2.24) is 8.61 Å². The van der Waals surface area contributed by atoms with Crippen LogP contribution in [-0.2, 0) is 14.9 Å². The molecule has 3 aliphatic rings. The van der Waals surface area contributed by atoms with E-state index in [4.69, 9.17) is 4.74 Å². The summed E-state index contributed by atoms with van der Waals surface area (Å²) in [7, 11) is -3.25. The SMILES string of the molecule is C[C@H]1CCCN(S(=O)(=O)N2CC[C@]3(CCOC3)C2)C1. The molecular formula is C13H24N2O3S. The van der Waals surface area contributed by atoms with Gasteiger partial charge in [-0.05, 0) is 31.6 Å². The monoisotopic (exact) mass is 288 g/mol. The second-order valence-electron chi connectivity index (χ2n) is 6.50. The molecule has 6 heteroatoms. The highest BCUT2D eigenvalue weighted by atomic mass is 32.2. The van der Waals surface area contributed by atoms with E-state index in [2.05, 4.69) is 6.92 Å². The average molecular weight is 288 g/mol. The molecule has 2 atom stereocenters. The molecule has 5 nitrogen and oxygen atoms in total. The molecule has 3 rings (SSSR count). The van der Waals surface area contributed by atoms with Gasteiger partial charge in [-0.15, -0.1) is 0 Å². The number of nitrogens with zero attached hydrogens (tertiary/aromatic N) is 2. The van der Waals surface area contributed by atoms with Crippen LogP contribution >= 0.6 is 0 Å². The third kappa shape index (κ3) is 2.55. The summed E-state index contributed by atoms with van der Waals surface area (Å²) in [5.74, 6) is 0.481. The van der Waals surface area contributed by atoms with Gasteiger partial charge in [0.05, 0.1) is 6.61 Å². The summed E-state index contributed by atoms with van der Waals surface area (Å²) in [5, 5.41) is 0. The highest BCUT2D eigenvalue weighted by Gasteiger charge is 2.46. The van der Waals surface area contributed by atoms with Crippen LogP contribution in [0, 0.1) is 11.3 Å². The molecule has 0 amide bonds. The Kier molecular flexibility index (Phi) is 3.62. The van der Waals surface area contributed by atoms with Crippen molar-refractivity contribution in [3.05, 3.63) is 0 Å². The number of hydrogen-bond acceptors (Lipinski definition) is 3. The molecule has 3 heterocycles. The first-order valence-electron chi connectivity index (χ1n) is 7.35. The lowest BCUT2D eigenvalue weighted by molar-refractivity contribution is 0.156. The first-order valence-corrected chi connectivity index (χ1v) is 8.75. The van der Waals surface area contributed by atoms with Gasteiger partial charge in [-0.3, -0.25) is 0 Å². The second kappa shape index (κ2) is 4.98. The fraction of sp³-hybridized carbons (Fsp3) is 1.00. The van der Waals surface area contributed by atoms with Crippen LogP contribution in [-0.4, -0.2) is 56.4 Å². The zero-order chi connectivity index (χ0) is 13.5. The summed E-state index contributed by atoms with van der Waals surface area (Å²) < 4.78 is 34.2. The molecule has 0 aromatic heterocycles. The number of hydrogen-bond donors (Lipinski definition) is 0. The van der Waals surface area contributed by atoms with Gasteiger partial charge in [0.1, 0.15) is 0 Å². The molecule has 110 valence electrons. The zero-order valence-electron chi connectivity index (χ0n) is 11.7. The van der Waals surface area contributed by atoms with E-state index < -0.39 is 10.2 Å². The van der Waals surface area contributed by atoms with Gasteiger partial charge in [-0.2, -0.15) is 17.0 Å². The minimum atomic E-state index is -3.25. The minimum absolute atomic E-state index is 0.106. The highest BCUT2D eigenvalue weighted by molar-refractivity contribution is 7.86. The Morgan fingerprint density at radius 1 is 1.21 bits per heavy atom. The van der Waals surface area contributed by atoms with Crippen molar-refractivity contribution in [3.63, 3.8) is 0 Å². The molecule has 3 aliphatic heterocycles. The molecule has 3 saturated heterocycles. The zero-order valence-corrected chi connectivity index (χ0v) is 12.5. The van der Waals surface area contributed by atoms with Crippen molar-refractivity contribution < 1.29 is 13.2 Å². The molecule has 0 bridgehead atoms. The van der Waals surface area contributed by atoms with Crippen molar-refractivity contribution in [2.24, 2.45) is 11.3 Å². The summed E-state index contributed by atoms with van der Waals surface area (Å²) in [6.45, 7) is 6.34.